The molecule has 2 N–H and O–H groups in total. The largest absolute Gasteiger partial charge is 0.447 e. The van der Waals surface area contributed by atoms with Crippen LogP contribution in [0.4, 0.5) is 14.9 Å². The third-order valence-electron chi connectivity index (χ3n) is 2.31. The smallest absolute Gasteiger partial charge is 0.414 e. The SMILES string of the molecule is NCc1cc(F)ccc1N1CCOC1=O. The van der Waals surface area contributed by atoms with E-state index in [9.17, 15) is 9.18 Å². The molecular weight excluding hydrogens is 199 g/mol. The summed E-state index contributed by atoms with van der Waals surface area (Å²) < 4.78 is 17.7. The lowest BCUT2D eigenvalue weighted by Gasteiger charge is -2.16. The Kier molecular flexibility index (Phi) is 2.55. The molecule has 0 radical (unpaired) electrons. The van der Waals surface area contributed by atoms with Gasteiger partial charge in [-0.2, -0.15) is 0 Å². The van der Waals surface area contributed by atoms with Crippen LogP contribution in [-0.4, -0.2) is 19.2 Å². The molecule has 1 fully saturated rings. The molecule has 1 aromatic rings. The molecule has 15 heavy (non-hydrogen) atoms. The van der Waals surface area contributed by atoms with Gasteiger partial charge in [0.15, 0.2) is 0 Å². The van der Waals surface area contributed by atoms with Gasteiger partial charge in [-0.1, -0.05) is 0 Å². The summed E-state index contributed by atoms with van der Waals surface area (Å²) in [5, 5.41) is 0. The van der Waals surface area contributed by atoms with Crippen LogP contribution in [0.3, 0.4) is 0 Å². The number of carbonyl (C=O) groups is 1. The van der Waals surface area contributed by atoms with Crippen LogP contribution in [0.25, 0.3) is 0 Å². The summed E-state index contributed by atoms with van der Waals surface area (Å²) in [4.78, 5) is 12.8. The highest BCUT2D eigenvalue weighted by atomic mass is 19.1. The monoisotopic (exact) mass is 210 g/mol. The molecule has 0 saturated carbocycles. The van der Waals surface area contributed by atoms with Gasteiger partial charge < -0.3 is 10.5 Å². The number of nitrogens with zero attached hydrogens (tertiary/aromatic N) is 1. The number of hydrogen-bond acceptors (Lipinski definition) is 3. The molecule has 1 aliphatic rings. The van der Waals surface area contributed by atoms with Gasteiger partial charge in [0, 0.05) is 6.54 Å². The van der Waals surface area contributed by atoms with Crippen molar-refractivity contribution in [3.63, 3.8) is 0 Å². The summed E-state index contributed by atoms with van der Waals surface area (Å²) in [5.74, 6) is -0.355. The predicted molar refractivity (Wildman–Crippen MR) is 53.0 cm³/mol. The highest BCUT2D eigenvalue weighted by Gasteiger charge is 2.25. The van der Waals surface area contributed by atoms with Gasteiger partial charge in [0.2, 0.25) is 0 Å². The molecule has 1 amide bonds. The molecule has 0 atom stereocenters. The average molecular weight is 210 g/mol. The molecule has 0 spiro atoms. The second kappa shape index (κ2) is 3.86. The number of carbonyl (C=O) groups excluding carboxylic acids is 1. The maximum Gasteiger partial charge on any atom is 0.414 e. The number of ether oxygens (including phenoxy) is 1. The third-order valence-corrected chi connectivity index (χ3v) is 2.31. The van der Waals surface area contributed by atoms with Crippen molar-refractivity contribution in [3.05, 3.63) is 29.6 Å². The van der Waals surface area contributed by atoms with Crippen molar-refractivity contribution in [1.82, 2.24) is 0 Å². The first-order valence-corrected chi connectivity index (χ1v) is 4.65. The topological polar surface area (TPSA) is 55.6 Å². The standard InChI is InChI=1S/C10H11FN2O2/c11-8-1-2-9(7(5-8)6-12)13-3-4-15-10(13)14/h1-2,5H,3-4,6,12H2. The predicted octanol–water partition coefficient (Wildman–Crippen LogP) is 1.24. The highest BCUT2D eigenvalue weighted by molar-refractivity contribution is 5.90. The second-order valence-corrected chi connectivity index (χ2v) is 3.24. The van der Waals surface area contributed by atoms with Crippen molar-refractivity contribution in [2.75, 3.05) is 18.1 Å². The minimum Gasteiger partial charge on any atom is -0.447 e. The van der Waals surface area contributed by atoms with Gasteiger partial charge in [0.05, 0.1) is 12.2 Å². The van der Waals surface area contributed by atoms with Crippen molar-refractivity contribution < 1.29 is 13.9 Å². The Morgan fingerprint density at radius 2 is 2.33 bits per heavy atom. The molecule has 0 bridgehead atoms. The van der Waals surface area contributed by atoms with E-state index < -0.39 is 6.09 Å². The Morgan fingerprint density at radius 3 is 2.93 bits per heavy atom. The van der Waals surface area contributed by atoms with Crippen molar-refractivity contribution in [1.29, 1.82) is 0 Å². The summed E-state index contributed by atoms with van der Waals surface area (Å²) in [5.41, 5.74) is 6.72. The zero-order chi connectivity index (χ0) is 10.8. The van der Waals surface area contributed by atoms with Crippen molar-refractivity contribution >= 4 is 11.8 Å². The van der Waals surface area contributed by atoms with Crippen LogP contribution < -0.4 is 10.6 Å². The number of benzene rings is 1. The molecule has 0 aliphatic carbocycles. The lowest BCUT2D eigenvalue weighted by Crippen LogP contribution is -2.25. The summed E-state index contributed by atoms with van der Waals surface area (Å²) in [6, 6.07) is 4.19. The summed E-state index contributed by atoms with van der Waals surface area (Å²) in [6.07, 6.45) is -0.406. The van der Waals surface area contributed by atoms with Crippen LogP contribution in [0.5, 0.6) is 0 Å². The maximum atomic E-state index is 12.9. The second-order valence-electron chi connectivity index (χ2n) is 3.24. The fourth-order valence-corrected chi connectivity index (χ4v) is 1.59. The van der Waals surface area contributed by atoms with Crippen molar-refractivity contribution in [2.45, 2.75) is 6.54 Å². The fourth-order valence-electron chi connectivity index (χ4n) is 1.59. The Bertz CT molecular complexity index is 395. The number of rotatable bonds is 2. The number of halogens is 1. The van der Waals surface area contributed by atoms with Crippen LogP contribution in [-0.2, 0) is 11.3 Å². The molecule has 2 rings (SSSR count). The number of amides is 1. The lowest BCUT2D eigenvalue weighted by atomic mass is 10.1. The first-order chi connectivity index (χ1) is 7.22. The van der Waals surface area contributed by atoms with E-state index >= 15 is 0 Å². The maximum absolute atomic E-state index is 12.9. The average Bonchev–Trinajstić information content (AvgIpc) is 2.64. The molecule has 80 valence electrons. The van der Waals surface area contributed by atoms with Gasteiger partial charge in [-0.15, -0.1) is 0 Å². The molecule has 5 heteroatoms. The molecule has 1 aliphatic heterocycles. The number of hydrogen-bond donors (Lipinski definition) is 1. The first-order valence-electron chi connectivity index (χ1n) is 4.65. The normalized spacial score (nSPS) is 15.6. The third kappa shape index (κ3) is 1.78. The van der Waals surface area contributed by atoms with E-state index in [1.807, 2.05) is 0 Å². The summed E-state index contributed by atoms with van der Waals surface area (Å²) >= 11 is 0. The number of cyclic esters (lactones) is 1. The van der Waals surface area contributed by atoms with Gasteiger partial charge in [0.25, 0.3) is 0 Å². The molecule has 1 aromatic carbocycles. The van der Waals surface area contributed by atoms with Crippen LogP contribution >= 0.6 is 0 Å². The van der Waals surface area contributed by atoms with E-state index in [0.717, 1.165) is 0 Å². The first kappa shape index (κ1) is 9.92. The van der Waals surface area contributed by atoms with Crippen LogP contribution in [0.1, 0.15) is 5.56 Å². The molecule has 1 heterocycles. The van der Waals surface area contributed by atoms with E-state index in [4.69, 9.17) is 10.5 Å². The van der Waals surface area contributed by atoms with Gasteiger partial charge in [-0.05, 0) is 23.8 Å². The zero-order valence-electron chi connectivity index (χ0n) is 8.07. The molecule has 0 aromatic heterocycles. The van der Waals surface area contributed by atoms with E-state index in [1.54, 1.807) is 6.07 Å². The van der Waals surface area contributed by atoms with Gasteiger partial charge >= 0.3 is 6.09 Å². The quantitative estimate of drug-likeness (QED) is 0.799. The van der Waals surface area contributed by atoms with Crippen LogP contribution in [0, 0.1) is 5.82 Å². The lowest BCUT2D eigenvalue weighted by molar-refractivity contribution is 0.181. The number of nitrogens with two attached hydrogens (primary N) is 1. The Hall–Kier alpha value is -1.62. The molecule has 4 nitrogen and oxygen atoms in total. The number of anilines is 1. The van der Waals surface area contributed by atoms with E-state index in [2.05, 4.69) is 0 Å². The fraction of sp³-hybridized carbons (Fsp3) is 0.300. The minimum absolute atomic E-state index is 0.191. The van der Waals surface area contributed by atoms with Gasteiger partial charge in [-0.25, -0.2) is 9.18 Å². The summed E-state index contributed by atoms with van der Waals surface area (Å²) in [6.45, 7) is 1.04. The Balaban J connectivity index is 2.38. The summed E-state index contributed by atoms with van der Waals surface area (Å²) in [7, 11) is 0. The van der Waals surface area contributed by atoms with Crippen molar-refractivity contribution in [3.8, 4) is 0 Å². The van der Waals surface area contributed by atoms with Gasteiger partial charge in [0.1, 0.15) is 12.4 Å². The molecule has 1 saturated heterocycles. The van der Waals surface area contributed by atoms with Gasteiger partial charge in [-0.3, -0.25) is 4.90 Å². The van der Waals surface area contributed by atoms with Crippen LogP contribution in [0.15, 0.2) is 18.2 Å². The van der Waals surface area contributed by atoms with E-state index in [1.165, 1.54) is 17.0 Å². The Labute approximate surface area is 86.4 Å². The highest BCUT2D eigenvalue weighted by Crippen LogP contribution is 2.24. The van der Waals surface area contributed by atoms with E-state index in [-0.39, 0.29) is 12.4 Å². The Morgan fingerprint density at radius 1 is 1.53 bits per heavy atom. The minimum atomic E-state index is -0.406. The van der Waals surface area contributed by atoms with Crippen molar-refractivity contribution in [2.24, 2.45) is 5.73 Å². The van der Waals surface area contributed by atoms with Crippen LogP contribution in [0.2, 0.25) is 0 Å². The zero-order valence-corrected chi connectivity index (χ0v) is 8.07. The van der Waals surface area contributed by atoms with E-state index in [0.29, 0.717) is 24.4 Å². The molecule has 0 unspecified atom stereocenters. The molecular formula is C10H11FN2O2.